The van der Waals surface area contributed by atoms with Gasteiger partial charge in [0.2, 0.25) is 5.91 Å². The van der Waals surface area contributed by atoms with Crippen LogP contribution < -0.4 is 10.1 Å². The first kappa shape index (κ1) is 22.4. The highest BCUT2D eigenvalue weighted by Gasteiger charge is 2.33. The second-order valence-electron chi connectivity index (χ2n) is 5.53. The number of nitro groups is 1. The molecule has 0 saturated carbocycles. The van der Waals surface area contributed by atoms with Crippen LogP contribution in [0.25, 0.3) is 0 Å². The summed E-state index contributed by atoms with van der Waals surface area (Å²) >= 11 is 0.723. The maximum Gasteiger partial charge on any atom is 0.416 e. The van der Waals surface area contributed by atoms with E-state index >= 15 is 0 Å². The number of hydrogen-bond donors (Lipinski definition) is 1. The van der Waals surface area contributed by atoms with Gasteiger partial charge in [0.25, 0.3) is 5.69 Å². The van der Waals surface area contributed by atoms with Crippen molar-refractivity contribution in [3.63, 3.8) is 0 Å². The van der Waals surface area contributed by atoms with Gasteiger partial charge in [0.15, 0.2) is 0 Å². The molecule has 156 valence electrons. The molecule has 0 aromatic heterocycles. The topological polar surface area (TPSA) is 81.5 Å². The Morgan fingerprint density at radius 1 is 1.17 bits per heavy atom. The van der Waals surface area contributed by atoms with E-state index in [4.69, 9.17) is 0 Å². The van der Waals surface area contributed by atoms with Gasteiger partial charge in [-0.25, -0.2) is 0 Å². The molecule has 12 heteroatoms. The summed E-state index contributed by atoms with van der Waals surface area (Å²) < 4.78 is 66.4. The molecule has 2 aromatic carbocycles. The van der Waals surface area contributed by atoms with E-state index in [2.05, 4.69) is 10.1 Å². The fourth-order valence-corrected chi connectivity index (χ4v) is 2.98. The minimum absolute atomic E-state index is 0.0414. The van der Waals surface area contributed by atoms with E-state index in [-0.39, 0.29) is 22.9 Å². The Bertz CT molecular complexity index is 875. The average Bonchev–Trinajstić information content (AvgIpc) is 2.64. The molecule has 0 heterocycles. The molecule has 1 N–H and O–H groups in total. The number of rotatable bonds is 8. The van der Waals surface area contributed by atoms with Gasteiger partial charge in [-0.3, -0.25) is 14.9 Å². The lowest BCUT2D eigenvalue weighted by atomic mass is 10.2. The number of benzene rings is 2. The number of nitrogens with zero attached hydrogens (tertiary/aromatic N) is 1. The maximum atomic E-state index is 12.7. The third-order valence-corrected chi connectivity index (χ3v) is 4.54. The summed E-state index contributed by atoms with van der Waals surface area (Å²) in [6.45, 7) is -2.89. The number of hydrogen-bond acceptors (Lipinski definition) is 5. The zero-order valence-corrected chi connectivity index (χ0v) is 15.2. The highest BCUT2D eigenvalue weighted by Crippen LogP contribution is 2.36. The number of ether oxygens (including phenoxy) is 1. The third kappa shape index (κ3) is 6.89. The Labute approximate surface area is 165 Å². The lowest BCUT2D eigenvalue weighted by Gasteiger charge is -2.09. The average molecular weight is 436 g/mol. The monoisotopic (exact) mass is 436 g/mol. The van der Waals surface area contributed by atoms with Gasteiger partial charge in [0, 0.05) is 12.6 Å². The second kappa shape index (κ2) is 9.54. The van der Waals surface area contributed by atoms with Crippen molar-refractivity contribution in [3.05, 3.63) is 63.7 Å². The van der Waals surface area contributed by atoms with Crippen LogP contribution in [-0.4, -0.2) is 23.2 Å². The smallest absolute Gasteiger partial charge is 0.416 e. The van der Waals surface area contributed by atoms with Gasteiger partial charge in [0.05, 0.1) is 21.1 Å². The summed E-state index contributed by atoms with van der Waals surface area (Å²) in [7, 11) is 0. The predicted octanol–water partition coefficient (Wildman–Crippen LogP) is 4.62. The number of carbonyl (C=O) groups is 1. The normalized spacial score (nSPS) is 11.4. The van der Waals surface area contributed by atoms with Crippen molar-refractivity contribution in [2.75, 3.05) is 5.75 Å². The van der Waals surface area contributed by atoms with Crippen molar-refractivity contribution >= 4 is 23.4 Å². The lowest BCUT2D eigenvalue weighted by molar-refractivity contribution is -0.388. The summed E-state index contributed by atoms with van der Waals surface area (Å²) in [6.07, 6.45) is -4.72. The molecule has 0 bridgehead atoms. The van der Waals surface area contributed by atoms with Crippen molar-refractivity contribution in [1.29, 1.82) is 0 Å². The number of thioether (sulfide) groups is 1. The number of nitro benzene ring substituents is 1. The van der Waals surface area contributed by atoms with Crippen LogP contribution in [0.1, 0.15) is 11.1 Å². The number of carbonyl (C=O) groups excluding carboxylic acids is 1. The summed E-state index contributed by atoms with van der Waals surface area (Å²) in [5, 5.41) is 13.5. The van der Waals surface area contributed by atoms with E-state index in [0.29, 0.717) is 17.7 Å². The van der Waals surface area contributed by atoms with Gasteiger partial charge in [-0.05, 0) is 29.8 Å². The summed E-state index contributed by atoms with van der Waals surface area (Å²) in [6, 6.07) is 7.60. The molecule has 0 atom stereocenters. The molecular weight excluding hydrogens is 423 g/mol. The van der Waals surface area contributed by atoms with Crippen LogP contribution in [0.3, 0.4) is 0 Å². The van der Waals surface area contributed by atoms with E-state index in [1.165, 1.54) is 24.3 Å². The molecule has 0 fully saturated rings. The molecule has 0 radical (unpaired) electrons. The Kier molecular flexibility index (Phi) is 7.37. The van der Waals surface area contributed by atoms with Crippen LogP contribution in [0.5, 0.6) is 5.75 Å². The highest BCUT2D eigenvalue weighted by molar-refractivity contribution is 8.00. The number of nitrogens with one attached hydrogen (secondary N) is 1. The standard InChI is InChI=1S/C17H13F5N2O4S/c18-16(19)28-12-4-1-10(2-5-12)8-23-15(25)9-29-14-6-3-11(17(20,21)22)7-13(14)24(26)27/h1-7,16H,8-9H2,(H,23,25). The van der Waals surface area contributed by atoms with Crippen molar-refractivity contribution < 1.29 is 36.4 Å². The van der Waals surface area contributed by atoms with Crippen LogP contribution >= 0.6 is 11.8 Å². The van der Waals surface area contributed by atoms with E-state index in [0.717, 1.165) is 17.8 Å². The van der Waals surface area contributed by atoms with Gasteiger partial charge in [-0.1, -0.05) is 12.1 Å². The molecule has 0 aliphatic carbocycles. The van der Waals surface area contributed by atoms with Gasteiger partial charge < -0.3 is 10.1 Å². The van der Waals surface area contributed by atoms with Crippen LogP contribution in [0, 0.1) is 10.1 Å². The largest absolute Gasteiger partial charge is 0.435 e. The molecular formula is C17H13F5N2O4S. The van der Waals surface area contributed by atoms with Crippen molar-refractivity contribution in [1.82, 2.24) is 5.32 Å². The van der Waals surface area contributed by atoms with Gasteiger partial charge in [-0.2, -0.15) is 22.0 Å². The van der Waals surface area contributed by atoms with Crippen LogP contribution in [0.15, 0.2) is 47.4 Å². The molecule has 0 unspecified atom stereocenters. The van der Waals surface area contributed by atoms with E-state index in [1.807, 2.05) is 0 Å². The van der Waals surface area contributed by atoms with Crippen LogP contribution in [0.4, 0.5) is 27.6 Å². The number of amides is 1. The molecule has 0 aliphatic rings. The van der Waals surface area contributed by atoms with Gasteiger partial charge in [0.1, 0.15) is 5.75 Å². The van der Waals surface area contributed by atoms with Crippen LogP contribution in [0.2, 0.25) is 0 Å². The molecule has 2 aromatic rings. The highest BCUT2D eigenvalue weighted by atomic mass is 32.2. The molecule has 0 aliphatic heterocycles. The fraction of sp³-hybridized carbons (Fsp3) is 0.235. The SMILES string of the molecule is O=C(CSc1ccc(C(F)(F)F)cc1[N+](=O)[O-])NCc1ccc(OC(F)F)cc1. The van der Waals surface area contributed by atoms with Crippen molar-refractivity contribution in [2.24, 2.45) is 0 Å². The van der Waals surface area contributed by atoms with E-state index < -0.39 is 34.9 Å². The maximum absolute atomic E-state index is 12.7. The van der Waals surface area contributed by atoms with E-state index in [1.54, 1.807) is 0 Å². The Hall–Kier alpha value is -2.89. The number of halogens is 5. The second-order valence-corrected chi connectivity index (χ2v) is 6.54. The molecule has 2 rings (SSSR count). The fourth-order valence-electron chi connectivity index (χ4n) is 2.14. The first-order valence-corrected chi connectivity index (χ1v) is 8.83. The molecule has 6 nitrogen and oxygen atoms in total. The van der Waals surface area contributed by atoms with E-state index in [9.17, 15) is 36.9 Å². The summed E-state index contributed by atoms with van der Waals surface area (Å²) in [5.41, 5.74) is -1.31. The Morgan fingerprint density at radius 2 is 1.83 bits per heavy atom. The number of alkyl halides is 5. The summed E-state index contributed by atoms with van der Waals surface area (Å²) in [5.74, 6) is -0.823. The quantitative estimate of drug-likeness (QED) is 0.283. The minimum atomic E-state index is -4.72. The minimum Gasteiger partial charge on any atom is -0.435 e. The first-order chi connectivity index (χ1) is 13.6. The lowest BCUT2D eigenvalue weighted by Crippen LogP contribution is -2.24. The molecule has 0 saturated heterocycles. The van der Waals surface area contributed by atoms with Crippen LogP contribution in [-0.2, 0) is 17.5 Å². The van der Waals surface area contributed by atoms with Crippen molar-refractivity contribution in [2.45, 2.75) is 24.2 Å². The third-order valence-electron chi connectivity index (χ3n) is 3.48. The Balaban J connectivity index is 1.92. The zero-order valence-electron chi connectivity index (χ0n) is 14.4. The molecule has 0 spiro atoms. The molecule has 29 heavy (non-hydrogen) atoms. The van der Waals surface area contributed by atoms with Gasteiger partial charge >= 0.3 is 12.8 Å². The molecule has 1 amide bonds. The Morgan fingerprint density at radius 3 is 2.38 bits per heavy atom. The zero-order chi connectivity index (χ0) is 21.6. The van der Waals surface area contributed by atoms with Gasteiger partial charge in [-0.15, -0.1) is 11.8 Å². The summed E-state index contributed by atoms with van der Waals surface area (Å²) in [4.78, 5) is 21.9. The first-order valence-electron chi connectivity index (χ1n) is 7.85. The van der Waals surface area contributed by atoms with Crippen molar-refractivity contribution in [3.8, 4) is 5.75 Å². The predicted molar refractivity (Wildman–Crippen MR) is 93.7 cm³/mol.